The molecule has 0 spiro atoms. The van der Waals surface area contributed by atoms with Gasteiger partial charge in [-0.1, -0.05) is 0 Å². The molecule has 0 amide bonds. The fraction of sp³-hybridized carbons (Fsp3) is 0.625. The summed E-state index contributed by atoms with van der Waals surface area (Å²) in [6, 6.07) is 5.40. The third kappa shape index (κ3) is 4.09. The van der Waals surface area contributed by atoms with Crippen molar-refractivity contribution in [2.75, 3.05) is 33.9 Å². The number of nitrogens with one attached hydrogen (secondary N) is 1. The predicted molar refractivity (Wildman–Crippen MR) is 80.7 cm³/mol. The van der Waals surface area contributed by atoms with Crippen LogP contribution in [0.15, 0.2) is 18.2 Å². The maximum Gasteiger partial charge on any atom is 0.124 e. The number of hydrogen-bond acceptors (Lipinski definition) is 5. The van der Waals surface area contributed by atoms with Gasteiger partial charge in [-0.3, -0.25) is 0 Å². The highest BCUT2D eigenvalue weighted by molar-refractivity contribution is 5.41. The van der Waals surface area contributed by atoms with Crippen LogP contribution in [0.1, 0.15) is 30.9 Å². The highest BCUT2D eigenvalue weighted by Gasteiger charge is 2.41. The van der Waals surface area contributed by atoms with Crippen LogP contribution in [0.3, 0.4) is 0 Å². The van der Waals surface area contributed by atoms with E-state index in [1.54, 1.807) is 26.4 Å². The van der Waals surface area contributed by atoms with Gasteiger partial charge < -0.3 is 25.0 Å². The van der Waals surface area contributed by atoms with E-state index < -0.39 is 6.10 Å². The molecule has 5 heteroatoms. The lowest BCUT2D eigenvalue weighted by molar-refractivity contribution is 0.165. The van der Waals surface area contributed by atoms with E-state index in [4.69, 9.17) is 14.6 Å². The minimum atomic E-state index is -0.653. The molecule has 1 aliphatic carbocycles. The molecule has 1 atom stereocenters. The summed E-state index contributed by atoms with van der Waals surface area (Å²) in [5.41, 5.74) is 0.962. The number of aliphatic hydroxyl groups excluding tert-OH is 2. The molecular weight excluding hydrogens is 270 g/mol. The van der Waals surface area contributed by atoms with E-state index in [2.05, 4.69) is 5.32 Å². The van der Waals surface area contributed by atoms with Crippen LogP contribution in [0.5, 0.6) is 11.5 Å². The van der Waals surface area contributed by atoms with Gasteiger partial charge in [0.25, 0.3) is 0 Å². The summed E-state index contributed by atoms with van der Waals surface area (Å²) < 4.78 is 10.5. The molecule has 1 aromatic carbocycles. The molecule has 0 heterocycles. The molecule has 1 unspecified atom stereocenters. The normalized spacial score (nSPS) is 17.3. The van der Waals surface area contributed by atoms with Crippen molar-refractivity contribution >= 4 is 0 Å². The van der Waals surface area contributed by atoms with Crippen LogP contribution in [0.25, 0.3) is 0 Å². The maximum absolute atomic E-state index is 10.4. The summed E-state index contributed by atoms with van der Waals surface area (Å²) in [6.45, 7) is 1.52. The Morgan fingerprint density at radius 2 is 2.05 bits per heavy atom. The number of methoxy groups -OCH3 is 2. The van der Waals surface area contributed by atoms with E-state index in [1.165, 1.54) is 0 Å². The topological polar surface area (TPSA) is 71.0 Å². The summed E-state index contributed by atoms with van der Waals surface area (Å²) in [7, 11) is 3.19. The average molecular weight is 295 g/mol. The van der Waals surface area contributed by atoms with Crippen LogP contribution in [-0.2, 0) is 0 Å². The Morgan fingerprint density at radius 3 is 2.62 bits per heavy atom. The second-order valence-electron chi connectivity index (χ2n) is 5.73. The summed E-state index contributed by atoms with van der Waals surface area (Å²) in [6.07, 6.45) is 2.48. The first-order valence-electron chi connectivity index (χ1n) is 7.36. The van der Waals surface area contributed by atoms with Crippen LogP contribution in [0.2, 0.25) is 0 Å². The van der Waals surface area contributed by atoms with E-state index in [0.717, 1.165) is 31.4 Å². The first-order valence-corrected chi connectivity index (χ1v) is 7.36. The summed E-state index contributed by atoms with van der Waals surface area (Å²) >= 11 is 0. The second kappa shape index (κ2) is 7.11. The van der Waals surface area contributed by atoms with Gasteiger partial charge in [0.1, 0.15) is 11.5 Å². The zero-order valence-electron chi connectivity index (χ0n) is 12.8. The third-order valence-corrected chi connectivity index (χ3v) is 4.23. The van der Waals surface area contributed by atoms with E-state index in [1.807, 2.05) is 6.07 Å². The third-order valence-electron chi connectivity index (χ3n) is 4.23. The minimum Gasteiger partial charge on any atom is -0.497 e. The fourth-order valence-electron chi connectivity index (χ4n) is 2.61. The first kappa shape index (κ1) is 16.1. The summed E-state index contributed by atoms with van der Waals surface area (Å²) in [4.78, 5) is 0. The molecule has 1 aromatic rings. The van der Waals surface area contributed by atoms with Gasteiger partial charge in [0, 0.05) is 25.3 Å². The fourth-order valence-corrected chi connectivity index (χ4v) is 2.61. The lowest BCUT2D eigenvalue weighted by atomic mass is 10.0. The standard InChI is InChI=1S/C16H25NO4/c1-20-12-3-4-15(21-2)13(9-12)14(19)10-17-11-16(5-6-16)7-8-18/h3-4,9,14,17-19H,5-8,10-11H2,1-2H3. The van der Waals surface area contributed by atoms with Crippen molar-refractivity contribution in [1.82, 2.24) is 5.32 Å². The maximum atomic E-state index is 10.4. The first-order chi connectivity index (χ1) is 10.1. The van der Waals surface area contributed by atoms with E-state index in [9.17, 15) is 5.11 Å². The van der Waals surface area contributed by atoms with Crippen molar-refractivity contribution in [3.63, 3.8) is 0 Å². The van der Waals surface area contributed by atoms with Crippen molar-refractivity contribution in [2.45, 2.75) is 25.4 Å². The highest BCUT2D eigenvalue weighted by atomic mass is 16.5. The van der Waals surface area contributed by atoms with Crippen molar-refractivity contribution in [3.8, 4) is 11.5 Å². The molecule has 2 rings (SSSR count). The van der Waals surface area contributed by atoms with Gasteiger partial charge in [0.05, 0.1) is 20.3 Å². The lowest BCUT2D eigenvalue weighted by Gasteiger charge is -2.19. The van der Waals surface area contributed by atoms with Gasteiger partial charge in [0.15, 0.2) is 0 Å². The molecule has 0 aliphatic heterocycles. The van der Waals surface area contributed by atoms with Gasteiger partial charge >= 0.3 is 0 Å². The molecule has 118 valence electrons. The smallest absolute Gasteiger partial charge is 0.124 e. The Kier molecular flexibility index (Phi) is 5.45. The van der Waals surface area contributed by atoms with Crippen LogP contribution in [-0.4, -0.2) is 44.1 Å². The monoisotopic (exact) mass is 295 g/mol. The lowest BCUT2D eigenvalue weighted by Crippen LogP contribution is -2.29. The molecule has 0 radical (unpaired) electrons. The van der Waals surface area contributed by atoms with Crippen molar-refractivity contribution in [1.29, 1.82) is 0 Å². The van der Waals surface area contributed by atoms with Crippen LogP contribution in [0, 0.1) is 5.41 Å². The van der Waals surface area contributed by atoms with Crippen LogP contribution >= 0.6 is 0 Å². The molecule has 21 heavy (non-hydrogen) atoms. The SMILES string of the molecule is COc1ccc(OC)c(C(O)CNCC2(CCO)CC2)c1. The average Bonchev–Trinajstić information content (AvgIpc) is 3.26. The largest absolute Gasteiger partial charge is 0.497 e. The van der Waals surface area contributed by atoms with Gasteiger partial charge in [-0.25, -0.2) is 0 Å². The van der Waals surface area contributed by atoms with Gasteiger partial charge in [0.2, 0.25) is 0 Å². The molecule has 0 saturated heterocycles. The molecule has 1 fully saturated rings. The molecule has 1 aliphatic rings. The molecule has 5 nitrogen and oxygen atoms in total. The molecule has 0 bridgehead atoms. The highest BCUT2D eigenvalue weighted by Crippen LogP contribution is 2.47. The Morgan fingerprint density at radius 1 is 1.29 bits per heavy atom. The quantitative estimate of drug-likeness (QED) is 0.644. The van der Waals surface area contributed by atoms with Crippen LogP contribution < -0.4 is 14.8 Å². The Hall–Kier alpha value is -1.30. The number of aliphatic hydroxyl groups is 2. The number of ether oxygens (including phenoxy) is 2. The number of hydrogen-bond donors (Lipinski definition) is 3. The van der Waals surface area contributed by atoms with E-state index in [0.29, 0.717) is 18.0 Å². The summed E-state index contributed by atoms with van der Waals surface area (Å²) in [5.74, 6) is 1.35. The Bertz CT molecular complexity index is 460. The van der Waals surface area contributed by atoms with Crippen molar-refractivity contribution < 1.29 is 19.7 Å². The zero-order valence-corrected chi connectivity index (χ0v) is 12.8. The molecule has 1 saturated carbocycles. The van der Waals surface area contributed by atoms with Crippen LogP contribution in [0.4, 0.5) is 0 Å². The van der Waals surface area contributed by atoms with E-state index >= 15 is 0 Å². The van der Waals surface area contributed by atoms with Gasteiger partial charge in [-0.15, -0.1) is 0 Å². The predicted octanol–water partition coefficient (Wildman–Crippen LogP) is 1.49. The van der Waals surface area contributed by atoms with Crippen molar-refractivity contribution in [3.05, 3.63) is 23.8 Å². The second-order valence-corrected chi connectivity index (χ2v) is 5.73. The Labute approximate surface area is 125 Å². The van der Waals surface area contributed by atoms with E-state index in [-0.39, 0.29) is 12.0 Å². The minimum absolute atomic E-state index is 0.230. The Balaban J connectivity index is 1.92. The molecular formula is C16H25NO4. The molecule has 0 aromatic heterocycles. The molecule has 3 N–H and O–H groups in total. The number of benzene rings is 1. The number of rotatable bonds is 9. The van der Waals surface area contributed by atoms with Crippen molar-refractivity contribution in [2.24, 2.45) is 5.41 Å². The van der Waals surface area contributed by atoms with Gasteiger partial charge in [-0.2, -0.15) is 0 Å². The summed E-state index contributed by atoms with van der Waals surface area (Å²) in [5, 5.41) is 22.7. The zero-order chi connectivity index (χ0) is 15.3. The van der Waals surface area contributed by atoms with Gasteiger partial charge in [-0.05, 0) is 42.9 Å².